The molecule has 0 aromatic carbocycles. The average molecular weight is 272 g/mol. The Morgan fingerprint density at radius 1 is 1.15 bits per heavy atom. The molecule has 1 aromatic heterocycles. The van der Waals surface area contributed by atoms with E-state index in [-0.39, 0.29) is 5.41 Å². The van der Waals surface area contributed by atoms with E-state index >= 15 is 0 Å². The maximum Gasteiger partial charge on any atom is 0.337 e. The number of aromatic nitrogens is 2. The zero-order valence-electron chi connectivity index (χ0n) is 11.8. The van der Waals surface area contributed by atoms with Crippen LogP contribution in [0.15, 0.2) is 6.07 Å². The third kappa shape index (κ3) is 1.70. The van der Waals surface area contributed by atoms with Gasteiger partial charge in [0.1, 0.15) is 0 Å². The normalized spacial score (nSPS) is 38.1. The van der Waals surface area contributed by atoms with E-state index in [4.69, 9.17) is 0 Å². The number of carboxylic acids is 1. The van der Waals surface area contributed by atoms with Gasteiger partial charge in [0, 0.05) is 5.41 Å². The first-order valence-corrected chi connectivity index (χ1v) is 7.64. The number of aryl methyl sites for hydroxylation is 1. The summed E-state index contributed by atoms with van der Waals surface area (Å²) in [5.41, 5.74) is 1.91. The quantitative estimate of drug-likeness (QED) is 0.899. The summed E-state index contributed by atoms with van der Waals surface area (Å²) in [6, 6.07) is 1.80. The number of aromatic carboxylic acids is 1. The number of hydrogen-bond donors (Lipinski definition) is 1. The van der Waals surface area contributed by atoms with Gasteiger partial charge in [-0.2, -0.15) is 10.2 Å². The number of carboxylic acid groups (broad SMARTS) is 1. The summed E-state index contributed by atoms with van der Waals surface area (Å²) in [4.78, 5) is 11.3. The standard InChI is InChI=1S/C16H20N2O2/c1-9-13(15(19)20)5-14(18-17-9)16-6-10-2-11(7-16)4-12(3-10)8-16/h5,10-12H,2-4,6-8H2,1H3,(H,19,20). The first-order valence-electron chi connectivity index (χ1n) is 7.64. The minimum Gasteiger partial charge on any atom is -0.478 e. The van der Waals surface area contributed by atoms with Gasteiger partial charge in [0.25, 0.3) is 0 Å². The molecule has 20 heavy (non-hydrogen) atoms. The molecule has 1 heterocycles. The molecule has 4 nitrogen and oxygen atoms in total. The molecule has 4 heteroatoms. The van der Waals surface area contributed by atoms with Gasteiger partial charge >= 0.3 is 5.97 Å². The van der Waals surface area contributed by atoms with Crippen molar-refractivity contribution in [1.82, 2.24) is 10.2 Å². The van der Waals surface area contributed by atoms with Gasteiger partial charge in [0.15, 0.2) is 0 Å². The third-order valence-corrected chi connectivity index (χ3v) is 5.79. The topological polar surface area (TPSA) is 63.1 Å². The van der Waals surface area contributed by atoms with Gasteiger partial charge < -0.3 is 5.11 Å². The first-order chi connectivity index (χ1) is 9.56. The molecule has 4 bridgehead atoms. The lowest BCUT2D eigenvalue weighted by molar-refractivity contribution is -0.00766. The maximum absolute atomic E-state index is 11.3. The van der Waals surface area contributed by atoms with E-state index < -0.39 is 5.97 Å². The van der Waals surface area contributed by atoms with E-state index in [9.17, 15) is 9.90 Å². The van der Waals surface area contributed by atoms with Crippen LogP contribution in [0, 0.1) is 24.7 Å². The second kappa shape index (κ2) is 4.03. The summed E-state index contributed by atoms with van der Waals surface area (Å²) in [5, 5.41) is 17.8. The van der Waals surface area contributed by atoms with Gasteiger partial charge in [0.05, 0.1) is 17.0 Å². The summed E-state index contributed by atoms with van der Waals surface area (Å²) >= 11 is 0. The molecule has 0 spiro atoms. The average Bonchev–Trinajstić information content (AvgIpc) is 2.37. The van der Waals surface area contributed by atoms with Crippen LogP contribution in [0.25, 0.3) is 0 Å². The number of rotatable bonds is 2. The van der Waals surface area contributed by atoms with Crippen molar-refractivity contribution in [1.29, 1.82) is 0 Å². The van der Waals surface area contributed by atoms with Gasteiger partial charge in [-0.3, -0.25) is 0 Å². The van der Waals surface area contributed by atoms with E-state index in [0.717, 1.165) is 23.4 Å². The zero-order chi connectivity index (χ0) is 13.9. The molecule has 4 aliphatic carbocycles. The summed E-state index contributed by atoms with van der Waals surface area (Å²) in [6.45, 7) is 1.72. The van der Waals surface area contributed by atoms with Crippen molar-refractivity contribution < 1.29 is 9.90 Å². The predicted octanol–water partition coefficient (Wildman–Crippen LogP) is 2.95. The van der Waals surface area contributed by atoms with E-state index in [1.807, 2.05) is 0 Å². The lowest BCUT2D eigenvalue weighted by Gasteiger charge is -2.56. The van der Waals surface area contributed by atoms with Crippen molar-refractivity contribution in [3.63, 3.8) is 0 Å². The van der Waals surface area contributed by atoms with E-state index in [1.165, 1.54) is 38.5 Å². The van der Waals surface area contributed by atoms with Crippen LogP contribution in [-0.4, -0.2) is 21.3 Å². The molecule has 0 aliphatic heterocycles. The molecule has 5 rings (SSSR count). The Bertz CT molecular complexity index is 547. The van der Waals surface area contributed by atoms with Crippen molar-refractivity contribution in [3.8, 4) is 0 Å². The van der Waals surface area contributed by atoms with Gasteiger partial charge in [-0.05, 0) is 69.3 Å². The Hall–Kier alpha value is -1.45. The smallest absolute Gasteiger partial charge is 0.337 e. The van der Waals surface area contributed by atoms with Crippen LogP contribution in [0.5, 0.6) is 0 Å². The number of nitrogens with zero attached hydrogens (tertiary/aromatic N) is 2. The first kappa shape index (κ1) is 12.3. The highest BCUT2D eigenvalue weighted by Gasteiger charge is 2.52. The van der Waals surface area contributed by atoms with Crippen molar-refractivity contribution in [3.05, 3.63) is 23.0 Å². The van der Waals surface area contributed by atoms with Crippen LogP contribution >= 0.6 is 0 Å². The molecule has 0 saturated heterocycles. The number of carbonyl (C=O) groups is 1. The summed E-state index contributed by atoms with van der Waals surface area (Å²) in [6.07, 6.45) is 7.71. The fourth-order valence-electron chi connectivity index (χ4n) is 5.35. The lowest BCUT2D eigenvalue weighted by Crippen LogP contribution is -2.49. The van der Waals surface area contributed by atoms with Crippen molar-refractivity contribution >= 4 is 5.97 Å². The monoisotopic (exact) mass is 272 g/mol. The highest BCUT2D eigenvalue weighted by Crippen LogP contribution is 2.60. The summed E-state index contributed by atoms with van der Waals surface area (Å²) in [7, 11) is 0. The number of hydrogen-bond acceptors (Lipinski definition) is 3. The van der Waals surface area contributed by atoms with Crippen molar-refractivity contribution in [2.24, 2.45) is 17.8 Å². The van der Waals surface area contributed by atoms with E-state index in [1.54, 1.807) is 13.0 Å². The Kier molecular flexibility index (Phi) is 2.48. The highest BCUT2D eigenvalue weighted by molar-refractivity contribution is 5.88. The fraction of sp³-hybridized carbons (Fsp3) is 0.688. The molecule has 0 unspecified atom stereocenters. The molecule has 1 aromatic rings. The van der Waals surface area contributed by atoms with E-state index in [2.05, 4.69) is 10.2 Å². The Balaban J connectivity index is 1.77. The van der Waals surface area contributed by atoms with E-state index in [0.29, 0.717) is 11.3 Å². The molecule has 0 amide bonds. The summed E-state index contributed by atoms with van der Waals surface area (Å²) < 4.78 is 0. The molecule has 0 atom stereocenters. The fourth-order valence-corrected chi connectivity index (χ4v) is 5.35. The largest absolute Gasteiger partial charge is 0.478 e. The van der Waals surface area contributed by atoms with Crippen LogP contribution in [0.1, 0.15) is 60.3 Å². The molecular formula is C16H20N2O2. The van der Waals surface area contributed by atoms with Gasteiger partial charge in [0.2, 0.25) is 0 Å². The van der Waals surface area contributed by atoms with Crippen molar-refractivity contribution in [2.75, 3.05) is 0 Å². The molecule has 1 N–H and O–H groups in total. The Labute approximate surface area is 118 Å². The van der Waals surface area contributed by atoms with Crippen LogP contribution in [0.2, 0.25) is 0 Å². The van der Waals surface area contributed by atoms with Crippen LogP contribution in [0.4, 0.5) is 0 Å². The second-order valence-electron chi connectivity index (χ2n) is 7.23. The maximum atomic E-state index is 11.3. The summed E-state index contributed by atoms with van der Waals surface area (Å²) in [5.74, 6) is 1.61. The Morgan fingerprint density at radius 2 is 1.70 bits per heavy atom. The molecular weight excluding hydrogens is 252 g/mol. The molecule has 4 aliphatic rings. The molecule has 0 radical (unpaired) electrons. The van der Waals surface area contributed by atoms with Crippen LogP contribution < -0.4 is 0 Å². The predicted molar refractivity (Wildman–Crippen MR) is 73.6 cm³/mol. The molecule has 4 saturated carbocycles. The lowest BCUT2D eigenvalue weighted by atomic mass is 9.49. The van der Waals surface area contributed by atoms with Gasteiger partial charge in [-0.1, -0.05) is 0 Å². The second-order valence-corrected chi connectivity index (χ2v) is 7.23. The van der Waals surface area contributed by atoms with Gasteiger partial charge in [-0.25, -0.2) is 4.79 Å². The Morgan fingerprint density at radius 3 is 2.20 bits per heavy atom. The minimum atomic E-state index is -0.886. The SMILES string of the molecule is Cc1nnc(C23CC4CC(CC(C4)C2)C3)cc1C(=O)O. The third-order valence-electron chi connectivity index (χ3n) is 5.79. The van der Waals surface area contributed by atoms with Crippen molar-refractivity contribution in [2.45, 2.75) is 50.9 Å². The highest BCUT2D eigenvalue weighted by atomic mass is 16.4. The van der Waals surface area contributed by atoms with Crippen LogP contribution in [0.3, 0.4) is 0 Å². The molecule has 106 valence electrons. The van der Waals surface area contributed by atoms with Gasteiger partial charge in [-0.15, -0.1) is 0 Å². The zero-order valence-corrected chi connectivity index (χ0v) is 11.8. The minimum absolute atomic E-state index is 0.125. The van der Waals surface area contributed by atoms with Crippen LogP contribution in [-0.2, 0) is 5.41 Å². The molecule has 4 fully saturated rings.